The molecule has 1 unspecified atom stereocenters. The van der Waals surface area contributed by atoms with E-state index in [-0.39, 0.29) is 11.9 Å². The molecule has 1 aliphatic rings. The molecule has 0 saturated carbocycles. The smallest absolute Gasteiger partial charge is 0.251 e. The quantitative estimate of drug-likeness (QED) is 0.651. The van der Waals surface area contributed by atoms with Gasteiger partial charge in [-0.05, 0) is 52.6 Å². The summed E-state index contributed by atoms with van der Waals surface area (Å²) in [6, 6.07) is 19.8. The maximum atomic E-state index is 12.7. The van der Waals surface area contributed by atoms with Gasteiger partial charge in [0.25, 0.3) is 5.91 Å². The number of likely N-dealkylation sites (tertiary alicyclic amines) is 1. The van der Waals surface area contributed by atoms with Gasteiger partial charge in [-0.15, -0.1) is 0 Å². The molecule has 1 fully saturated rings. The fraction of sp³-hybridized carbons (Fsp3) is 0.261. The van der Waals surface area contributed by atoms with Gasteiger partial charge in [0, 0.05) is 31.2 Å². The fourth-order valence-corrected chi connectivity index (χ4v) is 4.13. The minimum atomic E-state index is -0.0347. The van der Waals surface area contributed by atoms with Crippen LogP contribution in [0.5, 0.6) is 5.75 Å². The third kappa shape index (κ3) is 5.00. The van der Waals surface area contributed by atoms with Crippen molar-refractivity contribution in [1.29, 1.82) is 0 Å². The Bertz CT molecular complexity index is 896. The molecule has 0 aliphatic carbocycles. The van der Waals surface area contributed by atoms with Crippen molar-refractivity contribution in [2.24, 2.45) is 0 Å². The van der Waals surface area contributed by atoms with E-state index in [1.807, 2.05) is 54.6 Å². The van der Waals surface area contributed by atoms with Crippen molar-refractivity contribution in [3.63, 3.8) is 0 Å². The van der Waals surface area contributed by atoms with Crippen LogP contribution in [0.15, 0.2) is 71.4 Å². The Morgan fingerprint density at radius 3 is 2.82 bits per heavy atom. The van der Waals surface area contributed by atoms with Crippen molar-refractivity contribution in [3.05, 3.63) is 88.1 Å². The molecule has 1 N–H and O–H groups in total. The SMILES string of the molecule is O=C(NC1CCN(Cc2ccsc2)C1)c1cccc(OCc2ccccc2)c1. The second-order valence-electron chi connectivity index (χ2n) is 7.13. The first-order chi connectivity index (χ1) is 13.8. The largest absolute Gasteiger partial charge is 0.489 e. The molecule has 1 aliphatic heterocycles. The van der Waals surface area contributed by atoms with E-state index in [0.717, 1.165) is 31.6 Å². The molecular weight excluding hydrogens is 368 g/mol. The number of benzene rings is 2. The first kappa shape index (κ1) is 18.7. The molecule has 144 valence electrons. The summed E-state index contributed by atoms with van der Waals surface area (Å²) in [7, 11) is 0. The Hall–Kier alpha value is -2.63. The van der Waals surface area contributed by atoms with Crippen molar-refractivity contribution in [2.45, 2.75) is 25.6 Å². The Balaban J connectivity index is 1.30. The van der Waals surface area contributed by atoms with Gasteiger partial charge in [0.1, 0.15) is 12.4 Å². The average molecular weight is 393 g/mol. The molecule has 4 rings (SSSR count). The molecule has 0 radical (unpaired) electrons. The molecule has 1 amide bonds. The molecule has 5 heteroatoms. The Labute approximate surface area is 169 Å². The Kier molecular flexibility index (Phi) is 6.04. The molecule has 0 bridgehead atoms. The summed E-state index contributed by atoms with van der Waals surface area (Å²) in [5, 5.41) is 7.47. The van der Waals surface area contributed by atoms with Gasteiger partial charge in [-0.25, -0.2) is 0 Å². The third-order valence-electron chi connectivity index (χ3n) is 4.94. The highest BCUT2D eigenvalue weighted by atomic mass is 32.1. The zero-order valence-corrected chi connectivity index (χ0v) is 16.5. The normalized spacial score (nSPS) is 16.8. The van der Waals surface area contributed by atoms with Crippen LogP contribution in [0.1, 0.15) is 27.9 Å². The Morgan fingerprint density at radius 2 is 2.00 bits per heavy atom. The lowest BCUT2D eigenvalue weighted by atomic mass is 10.1. The molecule has 2 aromatic carbocycles. The topological polar surface area (TPSA) is 41.6 Å². The van der Waals surface area contributed by atoms with E-state index < -0.39 is 0 Å². The monoisotopic (exact) mass is 392 g/mol. The number of hydrogen-bond donors (Lipinski definition) is 1. The van der Waals surface area contributed by atoms with E-state index >= 15 is 0 Å². The van der Waals surface area contributed by atoms with Crippen LogP contribution >= 0.6 is 11.3 Å². The van der Waals surface area contributed by atoms with E-state index in [2.05, 4.69) is 27.0 Å². The molecule has 1 atom stereocenters. The summed E-state index contributed by atoms with van der Waals surface area (Å²) >= 11 is 1.73. The van der Waals surface area contributed by atoms with Crippen LogP contribution in [0.25, 0.3) is 0 Å². The number of nitrogens with zero attached hydrogens (tertiary/aromatic N) is 1. The summed E-state index contributed by atoms with van der Waals surface area (Å²) in [5.41, 5.74) is 3.09. The number of amides is 1. The molecule has 28 heavy (non-hydrogen) atoms. The number of hydrogen-bond acceptors (Lipinski definition) is 4. The van der Waals surface area contributed by atoms with Crippen LogP contribution in [0.4, 0.5) is 0 Å². The fourth-order valence-electron chi connectivity index (χ4n) is 3.47. The van der Waals surface area contributed by atoms with Crippen molar-refractivity contribution in [2.75, 3.05) is 13.1 Å². The van der Waals surface area contributed by atoms with E-state index in [1.165, 1.54) is 5.56 Å². The van der Waals surface area contributed by atoms with Crippen LogP contribution < -0.4 is 10.1 Å². The van der Waals surface area contributed by atoms with E-state index in [9.17, 15) is 4.79 Å². The maximum absolute atomic E-state index is 12.7. The van der Waals surface area contributed by atoms with Crippen LogP contribution in [0.3, 0.4) is 0 Å². The summed E-state index contributed by atoms with van der Waals surface area (Å²) in [6.45, 7) is 3.36. The van der Waals surface area contributed by atoms with Gasteiger partial charge in [0.15, 0.2) is 0 Å². The molecule has 4 nitrogen and oxygen atoms in total. The van der Waals surface area contributed by atoms with Gasteiger partial charge in [-0.2, -0.15) is 11.3 Å². The summed E-state index contributed by atoms with van der Waals surface area (Å²) in [6.07, 6.45) is 0.986. The first-order valence-corrected chi connectivity index (χ1v) is 10.5. The predicted molar refractivity (Wildman–Crippen MR) is 113 cm³/mol. The lowest BCUT2D eigenvalue weighted by Crippen LogP contribution is -2.36. The number of ether oxygens (including phenoxy) is 1. The second kappa shape index (κ2) is 9.04. The summed E-state index contributed by atoms with van der Waals surface area (Å²) in [5.74, 6) is 0.676. The molecule has 3 aromatic rings. The number of carbonyl (C=O) groups is 1. The maximum Gasteiger partial charge on any atom is 0.251 e. The number of thiophene rings is 1. The zero-order chi connectivity index (χ0) is 19.2. The van der Waals surface area contributed by atoms with E-state index in [1.54, 1.807) is 11.3 Å². The second-order valence-corrected chi connectivity index (χ2v) is 7.91. The van der Waals surface area contributed by atoms with Gasteiger partial charge < -0.3 is 10.1 Å². The first-order valence-electron chi connectivity index (χ1n) is 9.57. The van der Waals surface area contributed by atoms with Gasteiger partial charge in [-0.3, -0.25) is 9.69 Å². The van der Waals surface area contributed by atoms with Crippen LogP contribution in [-0.2, 0) is 13.2 Å². The minimum Gasteiger partial charge on any atom is -0.489 e. The highest BCUT2D eigenvalue weighted by molar-refractivity contribution is 7.07. The van der Waals surface area contributed by atoms with Gasteiger partial charge in [0.2, 0.25) is 0 Å². The van der Waals surface area contributed by atoms with Crippen molar-refractivity contribution >= 4 is 17.2 Å². The highest BCUT2D eigenvalue weighted by Gasteiger charge is 2.24. The number of rotatable bonds is 7. The molecular formula is C23H24N2O2S. The molecule has 0 spiro atoms. The van der Waals surface area contributed by atoms with Crippen molar-refractivity contribution in [3.8, 4) is 5.75 Å². The van der Waals surface area contributed by atoms with E-state index in [4.69, 9.17) is 4.74 Å². The zero-order valence-electron chi connectivity index (χ0n) is 15.7. The van der Waals surface area contributed by atoms with Crippen molar-refractivity contribution in [1.82, 2.24) is 10.2 Å². The van der Waals surface area contributed by atoms with Crippen LogP contribution in [0, 0.1) is 0 Å². The van der Waals surface area contributed by atoms with Gasteiger partial charge in [0.05, 0.1) is 0 Å². The van der Waals surface area contributed by atoms with Crippen molar-refractivity contribution < 1.29 is 9.53 Å². The summed E-state index contributed by atoms with van der Waals surface area (Å²) < 4.78 is 5.84. The van der Waals surface area contributed by atoms with Gasteiger partial charge >= 0.3 is 0 Å². The summed E-state index contributed by atoms with van der Waals surface area (Å²) in [4.78, 5) is 15.1. The molecule has 1 saturated heterocycles. The lowest BCUT2D eigenvalue weighted by Gasteiger charge is -2.16. The standard InChI is InChI=1S/C23H24N2O2S/c26-23(24-21-9-11-25(15-21)14-19-10-12-28-17-19)20-7-4-8-22(13-20)27-16-18-5-2-1-3-6-18/h1-8,10,12-13,17,21H,9,11,14-16H2,(H,24,26). The van der Waals surface area contributed by atoms with E-state index in [0.29, 0.717) is 17.9 Å². The van der Waals surface area contributed by atoms with Crippen LogP contribution in [-0.4, -0.2) is 29.9 Å². The number of nitrogens with one attached hydrogen (secondary N) is 1. The average Bonchev–Trinajstić information content (AvgIpc) is 3.40. The van der Waals surface area contributed by atoms with Crippen LogP contribution in [0.2, 0.25) is 0 Å². The van der Waals surface area contributed by atoms with Gasteiger partial charge in [-0.1, -0.05) is 36.4 Å². The third-order valence-corrected chi connectivity index (χ3v) is 5.67. The molecule has 1 aromatic heterocycles. The molecule has 2 heterocycles. The minimum absolute atomic E-state index is 0.0347. The lowest BCUT2D eigenvalue weighted by molar-refractivity contribution is 0.0937. The predicted octanol–water partition coefficient (Wildman–Crippen LogP) is 4.33. The highest BCUT2D eigenvalue weighted by Crippen LogP contribution is 2.18. The number of carbonyl (C=O) groups excluding carboxylic acids is 1. The Morgan fingerprint density at radius 1 is 1.11 bits per heavy atom.